The average molecular weight is 413 g/mol. The lowest BCUT2D eigenvalue weighted by Gasteiger charge is -2.32. The molecule has 3 rings (SSSR count). The van der Waals surface area contributed by atoms with Gasteiger partial charge in [0.05, 0.1) is 22.3 Å². The van der Waals surface area contributed by atoms with Gasteiger partial charge in [0.1, 0.15) is 5.75 Å². The van der Waals surface area contributed by atoms with Crippen LogP contribution < -0.4 is 10.2 Å². The zero-order valence-corrected chi connectivity index (χ0v) is 19.0. The first-order valence-corrected chi connectivity index (χ1v) is 10.5. The first kappa shape index (κ1) is 22.0. The smallest absolute Gasteiger partial charge is 0.490 e. The van der Waals surface area contributed by atoms with Gasteiger partial charge < -0.3 is 14.0 Å². The molecular weight excluding hydrogens is 383 g/mol. The lowest BCUT2D eigenvalue weighted by molar-refractivity contribution is 0.00578. The Morgan fingerprint density at radius 3 is 2.41 bits per heavy atom. The Morgan fingerprint density at radius 1 is 1.14 bits per heavy atom. The Balaban J connectivity index is 2.03. The predicted molar refractivity (Wildman–Crippen MR) is 122 cm³/mol. The second kappa shape index (κ2) is 8.18. The maximum Gasteiger partial charge on any atom is 0.494 e. The number of hydrogen-bond donors (Lipinski definition) is 0. The molecule has 0 amide bonds. The highest BCUT2D eigenvalue weighted by atomic mass is 35.5. The van der Waals surface area contributed by atoms with Gasteiger partial charge in [-0.05, 0) is 70.3 Å². The minimum atomic E-state index is -0.425. The summed E-state index contributed by atoms with van der Waals surface area (Å²) in [5, 5.41) is 0.655. The molecule has 154 valence electrons. The third-order valence-corrected chi connectivity index (χ3v) is 6.17. The van der Waals surface area contributed by atoms with Crippen molar-refractivity contribution in [1.82, 2.24) is 0 Å². The average Bonchev–Trinajstić information content (AvgIpc) is 2.84. The van der Waals surface area contributed by atoms with Crippen molar-refractivity contribution in [1.29, 1.82) is 0 Å². The Kier molecular flexibility index (Phi) is 6.19. The van der Waals surface area contributed by atoms with Gasteiger partial charge in [0, 0.05) is 12.0 Å². The van der Waals surface area contributed by atoms with Crippen LogP contribution in [0.15, 0.2) is 49.1 Å². The molecule has 1 aliphatic rings. The molecule has 0 saturated carbocycles. The fourth-order valence-corrected chi connectivity index (χ4v) is 3.67. The van der Waals surface area contributed by atoms with Crippen molar-refractivity contribution in [3.63, 3.8) is 0 Å². The van der Waals surface area contributed by atoms with E-state index in [1.54, 1.807) is 0 Å². The minimum absolute atomic E-state index is 0.0105. The number of halogens is 1. The van der Waals surface area contributed by atoms with E-state index in [-0.39, 0.29) is 17.3 Å². The highest BCUT2D eigenvalue weighted by Crippen LogP contribution is 2.40. The Bertz CT molecular complexity index is 891. The van der Waals surface area contributed by atoms with Crippen LogP contribution in [0.1, 0.15) is 46.6 Å². The maximum atomic E-state index is 6.64. The highest BCUT2D eigenvalue weighted by Gasteiger charge is 2.51. The van der Waals surface area contributed by atoms with Crippen LogP contribution in [0, 0.1) is 6.92 Å². The molecule has 0 bridgehead atoms. The SMILES string of the molecule is C=CCC(C)Oc1cccc(Cl)c1-c1cc(B2OC(C)(C)C(C)(C)O2)ccc1C. The van der Waals surface area contributed by atoms with Crippen LogP contribution in [-0.2, 0) is 9.31 Å². The van der Waals surface area contributed by atoms with Crippen molar-refractivity contribution in [2.75, 3.05) is 0 Å². The summed E-state index contributed by atoms with van der Waals surface area (Å²) in [6, 6.07) is 12.0. The summed E-state index contributed by atoms with van der Waals surface area (Å²) in [5.41, 5.74) is 3.21. The van der Waals surface area contributed by atoms with Crippen molar-refractivity contribution in [3.05, 3.63) is 59.6 Å². The van der Waals surface area contributed by atoms with Crippen LogP contribution in [0.4, 0.5) is 0 Å². The van der Waals surface area contributed by atoms with Crippen molar-refractivity contribution in [2.45, 2.75) is 65.3 Å². The van der Waals surface area contributed by atoms with E-state index in [4.69, 9.17) is 25.6 Å². The summed E-state index contributed by atoms with van der Waals surface area (Å²) in [6.45, 7) is 16.1. The quantitative estimate of drug-likeness (QED) is 0.433. The molecule has 0 N–H and O–H groups in total. The number of ether oxygens (including phenoxy) is 1. The van der Waals surface area contributed by atoms with E-state index in [9.17, 15) is 0 Å². The fraction of sp³-hybridized carbons (Fsp3) is 0.417. The molecule has 1 saturated heterocycles. The number of benzene rings is 2. The molecule has 5 heteroatoms. The van der Waals surface area contributed by atoms with Gasteiger partial charge in [-0.15, -0.1) is 6.58 Å². The van der Waals surface area contributed by atoms with Gasteiger partial charge in [0.2, 0.25) is 0 Å². The van der Waals surface area contributed by atoms with E-state index in [1.165, 1.54) is 0 Å². The van der Waals surface area contributed by atoms with E-state index >= 15 is 0 Å². The zero-order valence-electron chi connectivity index (χ0n) is 18.2. The summed E-state index contributed by atoms with van der Waals surface area (Å²) >= 11 is 6.64. The number of hydrogen-bond acceptors (Lipinski definition) is 3. The van der Waals surface area contributed by atoms with Gasteiger partial charge in [0.25, 0.3) is 0 Å². The third kappa shape index (κ3) is 4.40. The molecule has 0 aliphatic carbocycles. The van der Waals surface area contributed by atoms with Crippen molar-refractivity contribution < 1.29 is 14.0 Å². The third-order valence-electron chi connectivity index (χ3n) is 5.86. The normalized spacial score (nSPS) is 18.5. The van der Waals surface area contributed by atoms with Crippen LogP contribution in [0.25, 0.3) is 11.1 Å². The standard InChI is InChI=1S/C24H30BClO3/c1-8-10-17(3)27-21-12-9-11-20(26)22(21)19-15-18(14-13-16(19)2)25-28-23(4,5)24(6,7)29-25/h8-9,11-15,17H,1,10H2,2-7H3. The largest absolute Gasteiger partial charge is 0.494 e. The Hall–Kier alpha value is -1.75. The van der Waals surface area contributed by atoms with E-state index in [0.29, 0.717) is 5.02 Å². The topological polar surface area (TPSA) is 27.7 Å². The van der Waals surface area contributed by atoms with Crippen molar-refractivity contribution >= 4 is 24.2 Å². The predicted octanol–water partition coefficient (Wildman–Crippen LogP) is 5.96. The minimum Gasteiger partial charge on any atom is -0.490 e. The first-order valence-electron chi connectivity index (χ1n) is 10.1. The molecule has 3 nitrogen and oxygen atoms in total. The van der Waals surface area contributed by atoms with Crippen LogP contribution >= 0.6 is 11.6 Å². The molecule has 1 unspecified atom stereocenters. The summed E-state index contributed by atoms with van der Waals surface area (Å²) in [6.07, 6.45) is 2.63. The van der Waals surface area contributed by atoms with E-state index in [1.807, 2.05) is 31.2 Å². The molecule has 0 spiro atoms. The number of aryl methyl sites for hydroxylation is 1. The van der Waals surface area contributed by atoms with Crippen LogP contribution in [0.3, 0.4) is 0 Å². The van der Waals surface area contributed by atoms with Gasteiger partial charge in [-0.25, -0.2) is 0 Å². The first-order chi connectivity index (χ1) is 13.6. The van der Waals surface area contributed by atoms with Crippen LogP contribution in [-0.4, -0.2) is 24.4 Å². The molecule has 2 aromatic rings. The number of rotatable bonds is 6. The molecule has 2 aromatic carbocycles. The van der Waals surface area contributed by atoms with E-state index < -0.39 is 7.12 Å². The van der Waals surface area contributed by atoms with E-state index in [0.717, 1.165) is 34.3 Å². The summed E-state index contributed by atoms with van der Waals surface area (Å²) in [7, 11) is -0.425. The van der Waals surface area contributed by atoms with Gasteiger partial charge in [0.15, 0.2) is 0 Å². The zero-order chi connectivity index (χ0) is 21.4. The summed E-state index contributed by atoms with van der Waals surface area (Å²) < 4.78 is 18.7. The highest BCUT2D eigenvalue weighted by molar-refractivity contribution is 6.62. The molecular formula is C24H30BClO3. The molecule has 1 atom stereocenters. The van der Waals surface area contributed by atoms with Gasteiger partial charge in [-0.3, -0.25) is 0 Å². The van der Waals surface area contributed by atoms with Crippen molar-refractivity contribution in [2.24, 2.45) is 0 Å². The molecule has 0 radical (unpaired) electrons. The van der Waals surface area contributed by atoms with E-state index in [2.05, 4.69) is 59.4 Å². The van der Waals surface area contributed by atoms with Crippen LogP contribution in [0.5, 0.6) is 5.75 Å². The summed E-state index contributed by atoms with van der Waals surface area (Å²) in [4.78, 5) is 0. The summed E-state index contributed by atoms with van der Waals surface area (Å²) in [5.74, 6) is 0.765. The Morgan fingerprint density at radius 2 is 1.79 bits per heavy atom. The monoisotopic (exact) mass is 412 g/mol. The molecule has 0 aromatic heterocycles. The maximum absolute atomic E-state index is 6.64. The van der Waals surface area contributed by atoms with Crippen molar-refractivity contribution in [3.8, 4) is 16.9 Å². The fourth-order valence-electron chi connectivity index (χ4n) is 3.40. The second-order valence-electron chi connectivity index (χ2n) is 8.73. The van der Waals surface area contributed by atoms with Gasteiger partial charge in [-0.1, -0.05) is 41.9 Å². The lowest BCUT2D eigenvalue weighted by Crippen LogP contribution is -2.41. The van der Waals surface area contributed by atoms with Crippen LogP contribution in [0.2, 0.25) is 5.02 Å². The second-order valence-corrected chi connectivity index (χ2v) is 9.14. The van der Waals surface area contributed by atoms with Gasteiger partial charge in [-0.2, -0.15) is 0 Å². The molecule has 1 fully saturated rings. The van der Waals surface area contributed by atoms with Gasteiger partial charge >= 0.3 is 7.12 Å². The molecule has 1 aliphatic heterocycles. The molecule has 29 heavy (non-hydrogen) atoms. The lowest BCUT2D eigenvalue weighted by atomic mass is 9.77. The Labute approximate surface area is 180 Å². The molecule has 1 heterocycles.